The summed E-state index contributed by atoms with van der Waals surface area (Å²) in [6.07, 6.45) is 2.18. The molecule has 2 aromatic rings. The van der Waals surface area contributed by atoms with Gasteiger partial charge in [-0.3, -0.25) is 4.79 Å². The van der Waals surface area contributed by atoms with Crippen molar-refractivity contribution in [3.8, 4) is 0 Å². The number of hydrogen-bond donors (Lipinski definition) is 1. The highest BCUT2D eigenvalue weighted by Gasteiger charge is 2.38. The Hall–Kier alpha value is -2.42. The number of rotatable bonds is 3. The van der Waals surface area contributed by atoms with E-state index >= 15 is 0 Å². The number of carbonyl (C=O) groups excluding carboxylic acids is 1. The Morgan fingerprint density at radius 3 is 1.96 bits per heavy atom. The van der Waals surface area contributed by atoms with Crippen LogP contribution in [-0.4, -0.2) is 16.9 Å². The van der Waals surface area contributed by atoms with Crippen LogP contribution in [0, 0.1) is 13.8 Å². The van der Waals surface area contributed by atoms with Gasteiger partial charge < -0.3 is 5.11 Å². The van der Waals surface area contributed by atoms with E-state index in [1.54, 1.807) is 19.1 Å². The Balaban J connectivity index is 2.23. The summed E-state index contributed by atoms with van der Waals surface area (Å²) in [6.45, 7) is 12.7. The van der Waals surface area contributed by atoms with Gasteiger partial charge in [-0.1, -0.05) is 45.9 Å². The lowest BCUT2D eigenvalue weighted by atomic mass is 9.62. The summed E-state index contributed by atoms with van der Waals surface area (Å²) in [6, 6.07) is 9.14. The summed E-state index contributed by atoms with van der Waals surface area (Å²) < 4.78 is 0. The molecule has 0 bridgehead atoms. The zero-order chi connectivity index (χ0) is 20.1. The van der Waals surface area contributed by atoms with Gasteiger partial charge in [0.2, 0.25) is 0 Å². The van der Waals surface area contributed by atoms with Gasteiger partial charge in [-0.2, -0.15) is 0 Å². The topological polar surface area (TPSA) is 54.4 Å². The summed E-state index contributed by atoms with van der Waals surface area (Å²) in [5.41, 5.74) is 5.14. The van der Waals surface area contributed by atoms with Crippen molar-refractivity contribution < 1.29 is 14.7 Å². The van der Waals surface area contributed by atoms with E-state index in [0.717, 1.165) is 18.4 Å². The van der Waals surface area contributed by atoms with Crippen LogP contribution in [0.25, 0.3) is 0 Å². The van der Waals surface area contributed by atoms with Crippen LogP contribution in [0.5, 0.6) is 0 Å². The van der Waals surface area contributed by atoms with Crippen molar-refractivity contribution in [2.24, 2.45) is 0 Å². The highest BCUT2D eigenvalue weighted by molar-refractivity contribution is 6.15. The first kappa shape index (κ1) is 19.3. The molecule has 3 rings (SSSR count). The van der Waals surface area contributed by atoms with Crippen molar-refractivity contribution in [1.29, 1.82) is 0 Å². The Kier molecular flexibility index (Phi) is 4.54. The van der Waals surface area contributed by atoms with Crippen molar-refractivity contribution in [3.05, 3.63) is 69.3 Å². The molecule has 0 saturated heterocycles. The number of carbonyl (C=O) groups is 2. The van der Waals surface area contributed by atoms with Gasteiger partial charge in [0.15, 0.2) is 5.78 Å². The van der Waals surface area contributed by atoms with Gasteiger partial charge in [0.05, 0.1) is 5.56 Å². The molecule has 3 nitrogen and oxygen atoms in total. The summed E-state index contributed by atoms with van der Waals surface area (Å²) in [7, 11) is 0. The Morgan fingerprint density at radius 2 is 1.41 bits per heavy atom. The molecule has 0 unspecified atom stereocenters. The minimum absolute atomic E-state index is 0.00502. The van der Waals surface area contributed by atoms with Crippen LogP contribution < -0.4 is 0 Å². The molecule has 1 N–H and O–H groups in total. The van der Waals surface area contributed by atoms with Crippen LogP contribution in [0.15, 0.2) is 30.3 Å². The molecule has 0 aromatic heterocycles. The van der Waals surface area contributed by atoms with E-state index in [1.165, 1.54) is 17.2 Å². The van der Waals surface area contributed by atoms with Gasteiger partial charge in [-0.15, -0.1) is 0 Å². The van der Waals surface area contributed by atoms with E-state index in [2.05, 4.69) is 33.8 Å². The molecule has 27 heavy (non-hydrogen) atoms. The average Bonchev–Trinajstić information content (AvgIpc) is 2.58. The lowest BCUT2D eigenvalue weighted by molar-refractivity contribution is 0.0692. The Morgan fingerprint density at radius 1 is 0.852 bits per heavy atom. The van der Waals surface area contributed by atoms with Crippen LogP contribution in [0.2, 0.25) is 0 Å². The Bertz CT molecular complexity index is 948. The molecule has 1 aliphatic carbocycles. The molecule has 142 valence electrons. The average molecular weight is 364 g/mol. The minimum Gasteiger partial charge on any atom is -0.478 e. The summed E-state index contributed by atoms with van der Waals surface area (Å²) in [4.78, 5) is 25.1. The van der Waals surface area contributed by atoms with Crippen LogP contribution in [0.3, 0.4) is 0 Å². The molecule has 1 aliphatic rings. The second-order valence-electron chi connectivity index (χ2n) is 9.11. The number of fused-ring (bicyclic) bond motifs is 1. The molecule has 0 amide bonds. The number of carboxylic acid groups (broad SMARTS) is 1. The molecule has 0 aliphatic heterocycles. The van der Waals surface area contributed by atoms with Gasteiger partial charge in [-0.05, 0) is 71.9 Å². The first-order valence-corrected chi connectivity index (χ1v) is 9.49. The van der Waals surface area contributed by atoms with Gasteiger partial charge >= 0.3 is 5.97 Å². The van der Waals surface area contributed by atoms with Crippen LogP contribution in [0.4, 0.5) is 0 Å². The largest absolute Gasteiger partial charge is 0.478 e. The maximum atomic E-state index is 13.4. The molecular weight excluding hydrogens is 336 g/mol. The van der Waals surface area contributed by atoms with E-state index < -0.39 is 5.97 Å². The Labute approximate surface area is 161 Å². The fourth-order valence-corrected chi connectivity index (χ4v) is 4.25. The van der Waals surface area contributed by atoms with E-state index in [-0.39, 0.29) is 22.2 Å². The first-order valence-electron chi connectivity index (χ1n) is 9.49. The van der Waals surface area contributed by atoms with E-state index in [1.807, 2.05) is 13.0 Å². The number of hydrogen-bond acceptors (Lipinski definition) is 2. The van der Waals surface area contributed by atoms with E-state index in [4.69, 9.17) is 0 Å². The van der Waals surface area contributed by atoms with Crippen molar-refractivity contribution in [3.63, 3.8) is 0 Å². The normalized spacial score (nSPS) is 17.3. The highest BCUT2D eigenvalue weighted by atomic mass is 16.4. The maximum absolute atomic E-state index is 13.4. The van der Waals surface area contributed by atoms with Crippen molar-refractivity contribution in [2.75, 3.05) is 0 Å². The van der Waals surface area contributed by atoms with Crippen LogP contribution >= 0.6 is 0 Å². The second-order valence-corrected chi connectivity index (χ2v) is 9.11. The minimum atomic E-state index is -1.07. The quantitative estimate of drug-likeness (QED) is 0.723. The van der Waals surface area contributed by atoms with Crippen molar-refractivity contribution in [2.45, 2.75) is 65.2 Å². The molecule has 0 fully saturated rings. The van der Waals surface area contributed by atoms with Crippen LogP contribution in [-0.2, 0) is 10.8 Å². The standard InChI is InChI=1S/C24H28O3/c1-14-8-7-9-16(22(26)27)20(14)21(25)17-13-19-18(12-15(17)2)23(3,4)10-11-24(19,5)6/h7-9,12-13H,10-11H2,1-6H3,(H,26,27). The van der Waals surface area contributed by atoms with Crippen molar-refractivity contribution >= 4 is 11.8 Å². The number of ketones is 1. The van der Waals surface area contributed by atoms with Gasteiger partial charge in [-0.25, -0.2) is 4.79 Å². The summed E-state index contributed by atoms with van der Waals surface area (Å²) >= 11 is 0. The zero-order valence-electron chi connectivity index (χ0n) is 17.1. The third-order valence-electron chi connectivity index (χ3n) is 6.17. The third-order valence-corrected chi connectivity index (χ3v) is 6.17. The van der Waals surface area contributed by atoms with Gasteiger partial charge in [0.25, 0.3) is 0 Å². The maximum Gasteiger partial charge on any atom is 0.336 e. The molecule has 0 spiro atoms. The highest BCUT2D eigenvalue weighted by Crippen LogP contribution is 2.46. The second kappa shape index (κ2) is 6.33. The lowest BCUT2D eigenvalue weighted by Gasteiger charge is -2.42. The smallest absolute Gasteiger partial charge is 0.336 e. The summed E-state index contributed by atoms with van der Waals surface area (Å²) in [5.74, 6) is -1.27. The summed E-state index contributed by atoms with van der Waals surface area (Å²) in [5, 5.41) is 9.55. The third kappa shape index (κ3) is 3.20. The molecule has 2 aromatic carbocycles. The van der Waals surface area contributed by atoms with E-state index in [0.29, 0.717) is 16.7 Å². The lowest BCUT2D eigenvalue weighted by Crippen LogP contribution is -2.34. The number of aromatic carboxylic acids is 1. The first-order chi connectivity index (χ1) is 12.5. The molecule has 0 radical (unpaired) electrons. The number of benzene rings is 2. The van der Waals surface area contributed by atoms with Gasteiger partial charge in [0, 0.05) is 11.1 Å². The fraction of sp³-hybridized carbons (Fsp3) is 0.417. The monoisotopic (exact) mass is 364 g/mol. The van der Waals surface area contributed by atoms with Gasteiger partial charge in [0.1, 0.15) is 0 Å². The SMILES string of the molecule is Cc1cc2c(cc1C(=O)c1c(C)cccc1C(=O)O)C(C)(C)CCC2(C)C. The van der Waals surface area contributed by atoms with Crippen LogP contribution in [0.1, 0.15) is 89.1 Å². The molecule has 0 saturated carbocycles. The number of carboxylic acids is 1. The van der Waals surface area contributed by atoms with E-state index in [9.17, 15) is 14.7 Å². The molecule has 3 heteroatoms. The molecule has 0 atom stereocenters. The fourth-order valence-electron chi connectivity index (χ4n) is 4.25. The predicted molar refractivity (Wildman–Crippen MR) is 108 cm³/mol. The van der Waals surface area contributed by atoms with Crippen molar-refractivity contribution in [1.82, 2.24) is 0 Å². The zero-order valence-corrected chi connectivity index (χ0v) is 17.1. The molecule has 0 heterocycles. The number of aryl methyl sites for hydroxylation is 2. The predicted octanol–water partition coefficient (Wildman–Crippen LogP) is 5.58. The molecular formula is C24H28O3.